The Balaban J connectivity index is 1.84. The van der Waals surface area contributed by atoms with E-state index in [9.17, 15) is 4.79 Å². The summed E-state index contributed by atoms with van der Waals surface area (Å²) >= 11 is 18.0. The van der Waals surface area contributed by atoms with E-state index in [0.29, 0.717) is 39.5 Å². The van der Waals surface area contributed by atoms with E-state index in [4.69, 9.17) is 39.5 Å². The number of nitrogens with one attached hydrogen (secondary N) is 1. The minimum atomic E-state index is -0.174. The van der Waals surface area contributed by atoms with E-state index in [1.165, 1.54) is 6.20 Å². The van der Waals surface area contributed by atoms with Crippen LogP contribution in [0.1, 0.15) is 17.3 Å². The number of aromatic nitrogens is 1. The zero-order chi connectivity index (χ0) is 16.8. The predicted molar refractivity (Wildman–Crippen MR) is 92.7 cm³/mol. The molecule has 1 heterocycles. The quantitative estimate of drug-likeness (QED) is 0.812. The standard InChI is InChI=1S/C16H15Cl3N2O2/c1-10(7-21-16(22)11-3-2-4-20-8-11)9-23-15-13(18)5-12(17)6-14(15)19/h2-6,8,10H,7,9H2,1H3,(H,21,22). The van der Waals surface area contributed by atoms with Gasteiger partial charge < -0.3 is 10.1 Å². The summed E-state index contributed by atoms with van der Waals surface area (Å²) in [6.45, 7) is 2.76. The fraction of sp³-hybridized carbons (Fsp3) is 0.250. The molecule has 0 aliphatic heterocycles. The van der Waals surface area contributed by atoms with Gasteiger partial charge in [-0.25, -0.2) is 0 Å². The van der Waals surface area contributed by atoms with Crippen molar-refractivity contribution in [2.75, 3.05) is 13.2 Å². The third-order valence-electron chi connectivity index (χ3n) is 3.01. The summed E-state index contributed by atoms with van der Waals surface area (Å²) in [5.41, 5.74) is 0.518. The molecule has 2 aromatic rings. The third-order valence-corrected chi connectivity index (χ3v) is 3.79. The van der Waals surface area contributed by atoms with Crippen LogP contribution in [0.25, 0.3) is 0 Å². The lowest BCUT2D eigenvalue weighted by molar-refractivity contribution is 0.0943. The fourth-order valence-corrected chi connectivity index (χ4v) is 2.74. The maximum absolute atomic E-state index is 11.9. The average Bonchev–Trinajstić information content (AvgIpc) is 2.52. The Hall–Kier alpha value is -1.49. The van der Waals surface area contributed by atoms with Gasteiger partial charge >= 0.3 is 0 Å². The molecule has 1 atom stereocenters. The molecule has 7 heteroatoms. The van der Waals surface area contributed by atoms with E-state index in [2.05, 4.69) is 10.3 Å². The van der Waals surface area contributed by atoms with Crippen LogP contribution in [0.4, 0.5) is 0 Å². The highest BCUT2D eigenvalue weighted by molar-refractivity contribution is 6.40. The van der Waals surface area contributed by atoms with Crippen molar-refractivity contribution in [3.8, 4) is 5.75 Å². The Kier molecular flexibility index (Phi) is 6.51. The zero-order valence-corrected chi connectivity index (χ0v) is 14.6. The average molecular weight is 374 g/mol. The van der Waals surface area contributed by atoms with Crippen molar-refractivity contribution in [2.24, 2.45) is 5.92 Å². The Morgan fingerprint density at radius 1 is 1.30 bits per heavy atom. The lowest BCUT2D eigenvalue weighted by Gasteiger charge is -2.16. The van der Waals surface area contributed by atoms with Gasteiger partial charge in [-0.2, -0.15) is 0 Å². The largest absolute Gasteiger partial charge is 0.490 e. The van der Waals surface area contributed by atoms with Crippen LogP contribution in [0, 0.1) is 5.92 Å². The van der Waals surface area contributed by atoms with Gasteiger partial charge in [-0.1, -0.05) is 41.7 Å². The van der Waals surface area contributed by atoms with E-state index in [1.807, 2.05) is 6.92 Å². The van der Waals surface area contributed by atoms with Gasteiger partial charge in [0.25, 0.3) is 5.91 Å². The van der Waals surface area contributed by atoms with Gasteiger partial charge in [-0.3, -0.25) is 9.78 Å². The van der Waals surface area contributed by atoms with E-state index in [0.717, 1.165) is 0 Å². The molecule has 1 aromatic heterocycles. The van der Waals surface area contributed by atoms with Gasteiger partial charge in [-0.05, 0) is 24.3 Å². The number of amides is 1. The van der Waals surface area contributed by atoms with Crippen molar-refractivity contribution in [3.63, 3.8) is 0 Å². The Morgan fingerprint density at radius 2 is 2.00 bits per heavy atom. The van der Waals surface area contributed by atoms with Crippen LogP contribution in [0.3, 0.4) is 0 Å². The summed E-state index contributed by atoms with van der Waals surface area (Å²) in [7, 11) is 0. The molecule has 0 aliphatic carbocycles. The van der Waals surface area contributed by atoms with Gasteiger partial charge in [0.2, 0.25) is 0 Å². The van der Waals surface area contributed by atoms with E-state index in [1.54, 1.807) is 30.5 Å². The summed E-state index contributed by atoms with van der Waals surface area (Å²) in [5.74, 6) is 0.286. The molecule has 0 bridgehead atoms. The lowest BCUT2D eigenvalue weighted by atomic mass is 10.2. The number of pyridine rings is 1. The normalized spacial score (nSPS) is 11.8. The van der Waals surface area contributed by atoms with Crippen LogP contribution in [0.2, 0.25) is 15.1 Å². The number of benzene rings is 1. The molecule has 0 fully saturated rings. The first-order chi connectivity index (χ1) is 11.0. The zero-order valence-electron chi connectivity index (χ0n) is 12.4. The Bertz CT molecular complexity index is 657. The number of carbonyl (C=O) groups is 1. The smallest absolute Gasteiger partial charge is 0.252 e. The second-order valence-corrected chi connectivity index (χ2v) is 6.32. The predicted octanol–water partition coefficient (Wildman–Crippen LogP) is 4.49. The van der Waals surface area contributed by atoms with Crippen molar-refractivity contribution >= 4 is 40.7 Å². The van der Waals surface area contributed by atoms with Crippen molar-refractivity contribution in [2.45, 2.75) is 6.92 Å². The van der Waals surface area contributed by atoms with E-state index in [-0.39, 0.29) is 11.8 Å². The number of nitrogens with zero attached hydrogens (tertiary/aromatic N) is 1. The monoisotopic (exact) mass is 372 g/mol. The Labute approximate surface area is 149 Å². The lowest BCUT2D eigenvalue weighted by Crippen LogP contribution is -2.30. The molecule has 23 heavy (non-hydrogen) atoms. The van der Waals surface area contributed by atoms with Crippen molar-refractivity contribution in [1.29, 1.82) is 0 Å². The second-order valence-electron chi connectivity index (χ2n) is 5.07. The maximum atomic E-state index is 11.9. The number of halogens is 3. The van der Waals surface area contributed by atoms with Gasteiger partial charge in [0.1, 0.15) is 0 Å². The van der Waals surface area contributed by atoms with Gasteiger partial charge in [-0.15, -0.1) is 0 Å². The third kappa shape index (κ3) is 5.27. The van der Waals surface area contributed by atoms with Crippen LogP contribution in [0.15, 0.2) is 36.7 Å². The number of ether oxygens (including phenoxy) is 1. The molecule has 1 unspecified atom stereocenters. The second kappa shape index (κ2) is 8.39. The first-order valence-corrected chi connectivity index (χ1v) is 8.06. The topological polar surface area (TPSA) is 51.2 Å². The first kappa shape index (κ1) is 17.9. The molecule has 2 rings (SSSR count). The molecule has 1 N–H and O–H groups in total. The molecule has 0 aliphatic rings. The molecule has 122 valence electrons. The highest BCUT2D eigenvalue weighted by Gasteiger charge is 2.12. The van der Waals surface area contributed by atoms with Crippen LogP contribution in [0.5, 0.6) is 5.75 Å². The Morgan fingerprint density at radius 3 is 2.61 bits per heavy atom. The van der Waals surface area contributed by atoms with E-state index >= 15 is 0 Å². The first-order valence-electron chi connectivity index (χ1n) is 6.93. The molecule has 4 nitrogen and oxygen atoms in total. The van der Waals surface area contributed by atoms with Crippen molar-refractivity contribution in [3.05, 3.63) is 57.3 Å². The van der Waals surface area contributed by atoms with Crippen LogP contribution in [-0.4, -0.2) is 24.0 Å². The minimum Gasteiger partial charge on any atom is -0.490 e. The number of carbonyl (C=O) groups excluding carboxylic acids is 1. The van der Waals surface area contributed by atoms with Gasteiger partial charge in [0.15, 0.2) is 5.75 Å². The summed E-state index contributed by atoms with van der Waals surface area (Å²) in [6.07, 6.45) is 3.14. The van der Waals surface area contributed by atoms with Gasteiger partial charge in [0.05, 0.1) is 22.2 Å². The van der Waals surface area contributed by atoms with Crippen molar-refractivity contribution in [1.82, 2.24) is 10.3 Å². The fourth-order valence-electron chi connectivity index (χ4n) is 1.82. The molecule has 0 spiro atoms. The molecule has 0 saturated carbocycles. The summed E-state index contributed by atoms with van der Waals surface area (Å²) in [5, 5.41) is 3.99. The highest BCUT2D eigenvalue weighted by Crippen LogP contribution is 2.35. The van der Waals surface area contributed by atoms with Crippen LogP contribution >= 0.6 is 34.8 Å². The SMILES string of the molecule is CC(CNC(=O)c1cccnc1)COc1c(Cl)cc(Cl)cc1Cl. The molecular formula is C16H15Cl3N2O2. The minimum absolute atomic E-state index is 0.0680. The summed E-state index contributed by atoms with van der Waals surface area (Å²) in [6, 6.07) is 6.56. The molecule has 1 amide bonds. The number of hydrogen-bond acceptors (Lipinski definition) is 3. The van der Waals surface area contributed by atoms with E-state index < -0.39 is 0 Å². The van der Waals surface area contributed by atoms with Crippen LogP contribution < -0.4 is 10.1 Å². The highest BCUT2D eigenvalue weighted by atomic mass is 35.5. The number of rotatable bonds is 6. The van der Waals surface area contributed by atoms with Crippen LogP contribution in [-0.2, 0) is 0 Å². The molecule has 1 aromatic carbocycles. The van der Waals surface area contributed by atoms with Gasteiger partial charge in [0, 0.05) is 29.9 Å². The van der Waals surface area contributed by atoms with Crippen molar-refractivity contribution < 1.29 is 9.53 Å². The number of hydrogen-bond donors (Lipinski definition) is 1. The molecule has 0 radical (unpaired) electrons. The molecule has 0 saturated heterocycles. The summed E-state index contributed by atoms with van der Waals surface area (Å²) in [4.78, 5) is 15.8. The molecular weight excluding hydrogens is 359 g/mol. The summed E-state index contributed by atoms with van der Waals surface area (Å²) < 4.78 is 5.64. The maximum Gasteiger partial charge on any atom is 0.252 e.